The van der Waals surface area contributed by atoms with Crippen molar-refractivity contribution in [3.05, 3.63) is 138 Å². The number of methoxy groups -OCH3 is 4. The molecule has 8 saturated carbocycles. The smallest absolute Gasteiger partial charge is 0.850 e. The van der Waals surface area contributed by atoms with Gasteiger partial charge in [-0.2, -0.15) is 17.6 Å². The van der Waals surface area contributed by atoms with Gasteiger partial charge in [0.05, 0.1) is 55.3 Å². The number of benzene rings is 4. The monoisotopic (exact) mass is 2110 g/mol. The molecule has 0 bridgehead atoms. The van der Waals surface area contributed by atoms with Gasteiger partial charge >= 0.3 is 98.8 Å². The minimum atomic E-state index is -4.22. The number of aliphatic imine (C=N–C) groups is 1. The normalized spacial score (nSPS) is 24.0. The number of esters is 1. The van der Waals surface area contributed by atoms with E-state index in [9.17, 15) is 60.2 Å². The van der Waals surface area contributed by atoms with Gasteiger partial charge in [-0.1, -0.05) is 132 Å². The van der Waals surface area contributed by atoms with E-state index in [-0.39, 0.29) is 140 Å². The Morgan fingerprint density at radius 1 is 0.583 bits per heavy atom. The third-order valence-electron chi connectivity index (χ3n) is 26.0. The zero-order chi connectivity index (χ0) is 101. The predicted octanol–water partition coefficient (Wildman–Crippen LogP) is 10.5. The number of ketones is 3. The average Bonchev–Trinajstić information content (AvgIpc) is 1.60. The summed E-state index contributed by atoms with van der Waals surface area (Å²) in [6, 6.07) is 26.1. The first kappa shape index (κ1) is 128. The quantitative estimate of drug-likeness (QED) is 0.00709. The second kappa shape index (κ2) is 61.5. The van der Waals surface area contributed by atoms with Gasteiger partial charge in [0.15, 0.2) is 15.3 Å². The predicted molar refractivity (Wildman–Crippen MR) is 524 cm³/mol. The number of carbonyl (C=O) groups is 7. The Morgan fingerprint density at radius 3 is 1.22 bits per heavy atom. The molecule has 4 spiro atoms. The van der Waals surface area contributed by atoms with Crippen molar-refractivity contribution >= 4 is 123 Å². The fraction of sp³-hybridized carbons (Fsp3) is 0.602. The van der Waals surface area contributed by atoms with Gasteiger partial charge < -0.3 is 72.3 Å². The van der Waals surface area contributed by atoms with Crippen LogP contribution in [0.25, 0.3) is 0 Å². The third-order valence-corrected chi connectivity index (χ3v) is 26.6. The second-order valence-electron chi connectivity index (χ2n) is 37.3. The number of alkyl halides is 6. The maximum absolute atomic E-state index is 13.0. The number of nitrogens with zero attached hydrogens (tertiary/aromatic N) is 1. The van der Waals surface area contributed by atoms with E-state index in [1.807, 2.05) is 32.4 Å². The van der Waals surface area contributed by atoms with Crippen molar-refractivity contribution in [2.24, 2.45) is 79.0 Å². The van der Waals surface area contributed by atoms with Crippen LogP contribution in [0.15, 0.2) is 82.3 Å². The zero-order valence-corrected chi connectivity index (χ0v) is 91.6. The summed E-state index contributed by atoms with van der Waals surface area (Å²) in [7, 11) is 7.20. The van der Waals surface area contributed by atoms with Crippen molar-refractivity contribution in [2.75, 3.05) is 61.3 Å². The molecule has 2 atom stereocenters. The zero-order valence-electron chi connectivity index (χ0n) is 81.8. The molecule has 10 N–H and O–H groups in total. The Labute approximate surface area is 911 Å². The summed E-state index contributed by atoms with van der Waals surface area (Å²) in [5, 5.41) is 21.2. The summed E-state index contributed by atoms with van der Waals surface area (Å²) in [6.07, 6.45) is 40.3. The van der Waals surface area contributed by atoms with Crippen LogP contribution in [0.4, 0.5) is 26.3 Å². The van der Waals surface area contributed by atoms with Gasteiger partial charge in [-0.25, -0.2) is 18.6 Å². The minimum absolute atomic E-state index is 0. The number of ether oxygens (including phenoxy) is 6. The molecule has 36 heteroatoms. The fourth-order valence-electron chi connectivity index (χ4n) is 17.4. The van der Waals surface area contributed by atoms with Crippen LogP contribution in [0.5, 0.6) is 0 Å². The first-order valence-electron chi connectivity index (χ1n) is 46.2. The molecule has 2 amide bonds. The minimum Gasteiger partial charge on any atom is -0.850 e. The van der Waals surface area contributed by atoms with Crippen LogP contribution in [-0.2, 0) is 83.0 Å². The van der Waals surface area contributed by atoms with E-state index in [1.165, 1.54) is 117 Å². The van der Waals surface area contributed by atoms with Gasteiger partial charge in [-0.15, -0.1) is 17.9 Å². The Morgan fingerprint density at radius 2 is 0.921 bits per heavy atom. The molecule has 3 radical (unpaired) electrons. The number of carbonyl (C=O) groups excluding carboxylic acids is 7. The van der Waals surface area contributed by atoms with E-state index in [0.29, 0.717) is 66.6 Å². The topological polar surface area (TPSA) is 373 Å². The molecule has 17 rings (SSSR count). The first-order chi connectivity index (χ1) is 64.3. The van der Waals surface area contributed by atoms with Crippen LogP contribution in [-0.4, -0.2) is 168 Å². The molecule has 4 aromatic rings. The van der Waals surface area contributed by atoms with Crippen molar-refractivity contribution in [2.45, 2.75) is 287 Å². The number of primary amides is 2. The van der Waals surface area contributed by atoms with Gasteiger partial charge in [-0.05, 0) is 299 Å². The van der Waals surface area contributed by atoms with Crippen molar-refractivity contribution < 1.29 is 185 Å². The summed E-state index contributed by atoms with van der Waals surface area (Å²) in [6.45, 7) is 7.24. The van der Waals surface area contributed by atoms with Gasteiger partial charge in [0, 0.05) is 135 Å². The standard InChI is InChI=1S/C21H23NOS.C20H25NO.C20H22O2.C15H17BrO2.C6H8F2O3.C5H6.C4H8O.C4H9O.C3H4F2N2O2.C3H8F2N2.CCl2S.CH2O3.B.K.Na/c1-23-18-8-10-21(11-9-18)13-17-7-6-16(5-4-15-2-3-15)12-19(17)20(21)22-14-24;2*1-22-17-8-10-20(11-9-17)13-16-7-6-15(5-4-14-2-3-14)12-18(16)19(20)21;1-18-12-4-6-15(7-5-12)9-10-2-3-11(16)8-13(10)14(15)17;1-3-11-5(10)6(7,8)4(2)9;1-2-5-3-4-5;1-2-4-5-3-1;1-4(2,3)5;4-3(5,1(6)8)2(7)9;4-3(5,1-6)2-7;2-1(3)4;2-1-4-3;;;/h6-7,12,15,18,20H,2-3,8-11,13H2,1H3;6-7,12,14,17,19H,2-3,8-11,13,21H2,1H3;6-7,12,14,17H,2-3,8-11,13H2,1H3;2-3,8,12H,4-7,9H2,1H3;3H2,1-2H3;1,5H,3-4H2;1-4H2;1-3H3;(H2,6,8)(H2,7,9);1-2,6-7H2;;1,3H;;;/q;;;;;;;-1;;;;;;2*+1/p-1. The largest absolute Gasteiger partial charge is 1.00 e. The third kappa shape index (κ3) is 41.6. The van der Waals surface area contributed by atoms with E-state index < -0.39 is 60.0 Å². The maximum Gasteiger partial charge on any atom is 1.00 e. The van der Waals surface area contributed by atoms with Crippen LogP contribution < -0.4 is 120 Å². The molecular formula is C103H131BBrCl2F6KN6NaO16S2. The Balaban J connectivity index is 0.000000409. The summed E-state index contributed by atoms with van der Waals surface area (Å²) in [5.41, 5.74) is 36.6. The number of terminal acetylenes is 1. The molecular weight excluding hydrogens is 1980 g/mol. The van der Waals surface area contributed by atoms with Crippen molar-refractivity contribution in [3.8, 4) is 47.9 Å². The Kier molecular flexibility index (Phi) is 56.6. The summed E-state index contributed by atoms with van der Waals surface area (Å²) in [5.74, 6) is 7.39. The van der Waals surface area contributed by atoms with E-state index >= 15 is 0 Å². The second-order valence-corrected chi connectivity index (χ2v) is 40.2. The van der Waals surface area contributed by atoms with E-state index in [0.717, 1.165) is 161 Å². The Hall–Kier alpha value is -5.16. The number of thiocarbonyl (C=S) groups is 2. The van der Waals surface area contributed by atoms with Gasteiger partial charge in [0.1, 0.15) is 0 Å². The first-order valence-corrected chi connectivity index (χ1v) is 48.5. The number of nitrogens with two attached hydrogens (primary N) is 5. The van der Waals surface area contributed by atoms with Crippen LogP contribution in [0.3, 0.4) is 0 Å². The molecule has 749 valence electrons. The van der Waals surface area contributed by atoms with Crippen molar-refractivity contribution in [1.29, 1.82) is 0 Å². The number of Topliss-reactive ketones (excluding diaryl/α,β-unsaturated/α-hetero) is 3. The number of amides is 2. The number of fused-ring (bicyclic) bond motifs is 4. The molecule has 2 unspecified atom stereocenters. The molecule has 139 heavy (non-hydrogen) atoms. The van der Waals surface area contributed by atoms with E-state index in [4.69, 9.17) is 81.3 Å². The molecule has 1 aliphatic heterocycles. The molecule has 22 nitrogen and oxygen atoms in total. The summed E-state index contributed by atoms with van der Waals surface area (Å²) in [4.78, 5) is 81.2. The summed E-state index contributed by atoms with van der Waals surface area (Å²) >= 11 is 22.0. The van der Waals surface area contributed by atoms with Crippen LogP contribution in [0.2, 0.25) is 0 Å². The molecule has 13 aliphatic rings. The number of isothiocyanates is 1. The van der Waals surface area contributed by atoms with Crippen molar-refractivity contribution in [3.63, 3.8) is 0 Å². The van der Waals surface area contributed by atoms with Gasteiger partial charge in [0.25, 0.3) is 24.2 Å². The van der Waals surface area contributed by atoms with Crippen molar-refractivity contribution in [1.82, 2.24) is 0 Å². The number of rotatable bonds is 13. The van der Waals surface area contributed by atoms with E-state index in [2.05, 4.69) is 167 Å². The number of hydrogen-bond donors (Lipinski definition) is 5. The summed E-state index contributed by atoms with van der Waals surface area (Å²) < 4.78 is 103. The van der Waals surface area contributed by atoms with Crippen LogP contribution in [0, 0.1) is 93.2 Å². The number of halogens is 9. The van der Waals surface area contributed by atoms with Gasteiger partial charge in [-0.3, -0.25) is 28.8 Å². The Bertz CT molecular complexity index is 4950. The average molecular weight is 2110 g/mol. The maximum atomic E-state index is 13.0. The molecule has 0 aromatic heterocycles. The van der Waals surface area contributed by atoms with Gasteiger partial charge in [0.2, 0.25) is 5.78 Å². The molecule has 1 heterocycles. The van der Waals surface area contributed by atoms with E-state index in [1.54, 1.807) is 35.0 Å². The molecule has 9 fully saturated rings. The SMILES string of the molecule is C#CC1CC1.C1CCOC1.CC(C)(C)[O-].CCOC(=O)C(F)(F)C(C)=O.COC1CCC2(CC1)Cc1ccc(Br)cc1C2=O.COC1CCC2(CC1)Cc1ccc(C#CC3CC3)cc1C2=O.COC1CCC2(CC1)Cc1ccc(C#CC3CC3)cc1C2N.COC1CCC2(CC1)Cc1ccc(C#CC3CC3)cc1C2N=C=S.NC(=O)C(F)(F)C(N)=O.NCC(F)(F)CN.O=CO[O-].S=C(Cl)Cl.[B].[K+].[Na+]. The van der Waals surface area contributed by atoms with Crippen LogP contribution in [0.1, 0.15) is 284 Å². The fourth-order valence-corrected chi connectivity index (χ4v) is 17.8. The van der Waals surface area contributed by atoms with Crippen LogP contribution >= 0.6 is 63.6 Å². The number of hydrogen-bond acceptors (Lipinski definition) is 22. The molecule has 4 aromatic carbocycles. The molecule has 1 saturated heterocycles. The molecule has 12 aliphatic carbocycles.